The van der Waals surface area contributed by atoms with Gasteiger partial charge in [-0.2, -0.15) is 17.6 Å². The topological polar surface area (TPSA) is 56.0 Å². The van der Waals surface area contributed by atoms with Gasteiger partial charge in [-0.1, -0.05) is 30.3 Å². The number of alkyl halides is 3. The number of nitrogens with two attached hydrogens (primary N) is 1. The molecule has 0 radical (unpaired) electrons. The number of allylic oxidation sites excluding steroid dienone is 4. The highest BCUT2D eigenvalue weighted by molar-refractivity contribution is 6.29. The maximum absolute atomic E-state index is 13.2. The second kappa shape index (κ2) is 6.53. The van der Waals surface area contributed by atoms with Crippen LogP contribution in [-0.4, -0.2) is 10.8 Å². The van der Waals surface area contributed by atoms with Crippen LogP contribution in [0, 0.1) is 0 Å². The highest BCUT2D eigenvalue weighted by Crippen LogP contribution is 2.33. The van der Waals surface area contributed by atoms with E-state index in [-0.39, 0.29) is 5.15 Å². The van der Waals surface area contributed by atoms with Crippen molar-refractivity contribution in [1.29, 1.82) is 0 Å². The van der Waals surface area contributed by atoms with Crippen LogP contribution in [0.4, 0.5) is 17.6 Å². The first kappa shape index (κ1) is 16.9. The summed E-state index contributed by atoms with van der Waals surface area (Å²) in [5, 5.41) is -0.337. The molecule has 0 atom stereocenters. The van der Waals surface area contributed by atoms with E-state index in [1.165, 1.54) is 6.08 Å². The van der Waals surface area contributed by atoms with Crippen molar-refractivity contribution < 1.29 is 22.4 Å². The van der Waals surface area contributed by atoms with E-state index in [4.69, 9.17) is 17.3 Å². The minimum Gasteiger partial charge on any atom is -0.375 e. The number of pyridine rings is 1. The smallest absolute Gasteiger partial charge is 0.375 e. The Kier molecular flexibility index (Phi) is 5.26. The molecule has 8 heteroatoms. The standard InChI is InChI=1S/C13H9ClF4N2O/c1-2-3-4-7(12(15)19)11(21)10-8(13(16,17)18)5-6-9(14)20-10/h2-6H,1,19H2/b4-3-,12-7+. The molecule has 1 aromatic rings. The zero-order chi connectivity index (χ0) is 16.2. The van der Waals surface area contributed by atoms with Crippen LogP contribution in [0.1, 0.15) is 16.1 Å². The summed E-state index contributed by atoms with van der Waals surface area (Å²) in [5.74, 6) is -2.77. The Morgan fingerprint density at radius 2 is 2.00 bits per heavy atom. The van der Waals surface area contributed by atoms with Gasteiger partial charge in [0.05, 0.1) is 11.1 Å². The van der Waals surface area contributed by atoms with E-state index in [0.29, 0.717) is 6.07 Å². The van der Waals surface area contributed by atoms with E-state index in [2.05, 4.69) is 11.6 Å². The third-order valence-electron chi connectivity index (χ3n) is 2.28. The number of rotatable bonds is 4. The lowest BCUT2D eigenvalue weighted by Gasteiger charge is -2.11. The van der Waals surface area contributed by atoms with Gasteiger partial charge in [-0.3, -0.25) is 4.79 Å². The average molecular weight is 321 g/mol. The zero-order valence-corrected chi connectivity index (χ0v) is 11.2. The molecular weight excluding hydrogens is 312 g/mol. The molecule has 0 amide bonds. The molecule has 3 nitrogen and oxygen atoms in total. The number of carbonyl (C=O) groups excluding carboxylic acids is 1. The first-order valence-electron chi connectivity index (χ1n) is 5.41. The summed E-state index contributed by atoms with van der Waals surface area (Å²) in [6.45, 7) is 3.29. The lowest BCUT2D eigenvalue weighted by Crippen LogP contribution is -2.17. The van der Waals surface area contributed by atoms with Gasteiger partial charge in [-0.15, -0.1) is 0 Å². The molecule has 0 aliphatic carbocycles. The zero-order valence-electron chi connectivity index (χ0n) is 10.4. The fourth-order valence-electron chi connectivity index (χ4n) is 1.39. The van der Waals surface area contributed by atoms with Crippen LogP contribution in [0.25, 0.3) is 0 Å². The van der Waals surface area contributed by atoms with E-state index >= 15 is 0 Å². The van der Waals surface area contributed by atoms with Crippen LogP contribution in [0.2, 0.25) is 5.15 Å². The van der Waals surface area contributed by atoms with Gasteiger partial charge in [0.15, 0.2) is 5.95 Å². The maximum Gasteiger partial charge on any atom is 0.418 e. The Bertz CT molecular complexity index is 632. The largest absolute Gasteiger partial charge is 0.418 e. The minimum absolute atomic E-state index is 0.337. The second-order valence-electron chi connectivity index (χ2n) is 3.71. The SMILES string of the molecule is C=C/C=C\C(C(=O)c1nc(Cl)ccc1C(F)(F)F)=C(/N)F. The molecule has 1 aromatic heterocycles. The number of carbonyl (C=O) groups is 1. The van der Waals surface area contributed by atoms with Crippen LogP contribution >= 0.6 is 11.6 Å². The molecule has 0 aromatic carbocycles. The van der Waals surface area contributed by atoms with Gasteiger partial charge in [-0.25, -0.2) is 4.98 Å². The van der Waals surface area contributed by atoms with Crippen molar-refractivity contribution in [2.75, 3.05) is 0 Å². The Balaban J connectivity index is 3.48. The molecule has 0 saturated heterocycles. The molecule has 0 bridgehead atoms. The van der Waals surface area contributed by atoms with Crippen molar-refractivity contribution in [3.05, 3.63) is 64.9 Å². The molecule has 0 fully saturated rings. The molecule has 0 saturated carbocycles. The van der Waals surface area contributed by atoms with Gasteiger partial charge in [0.1, 0.15) is 10.8 Å². The summed E-state index contributed by atoms with van der Waals surface area (Å²) in [6, 6.07) is 1.47. The summed E-state index contributed by atoms with van der Waals surface area (Å²) in [5.41, 5.74) is 1.75. The summed E-state index contributed by atoms with van der Waals surface area (Å²) in [6.07, 6.45) is -1.60. The van der Waals surface area contributed by atoms with Gasteiger partial charge in [0, 0.05) is 0 Å². The lowest BCUT2D eigenvalue weighted by atomic mass is 10.0. The van der Waals surface area contributed by atoms with Crippen LogP contribution in [0.5, 0.6) is 0 Å². The second-order valence-corrected chi connectivity index (χ2v) is 4.10. The van der Waals surface area contributed by atoms with Crippen LogP contribution in [0.15, 0.2) is 48.5 Å². The summed E-state index contributed by atoms with van der Waals surface area (Å²) >= 11 is 5.49. The van der Waals surface area contributed by atoms with Crippen molar-refractivity contribution in [2.24, 2.45) is 5.73 Å². The van der Waals surface area contributed by atoms with E-state index in [1.807, 2.05) is 0 Å². The molecule has 1 rings (SSSR count). The molecule has 2 N–H and O–H groups in total. The highest BCUT2D eigenvalue weighted by Gasteiger charge is 2.37. The lowest BCUT2D eigenvalue weighted by molar-refractivity contribution is -0.138. The number of halogens is 5. The highest BCUT2D eigenvalue weighted by atomic mass is 35.5. The number of Topliss-reactive ketones (excluding diaryl/α,β-unsaturated/α-hetero) is 1. The Morgan fingerprint density at radius 1 is 1.38 bits per heavy atom. The van der Waals surface area contributed by atoms with Gasteiger partial charge >= 0.3 is 6.18 Å². The van der Waals surface area contributed by atoms with E-state index < -0.39 is 34.7 Å². The van der Waals surface area contributed by atoms with Crippen LogP contribution in [0.3, 0.4) is 0 Å². The van der Waals surface area contributed by atoms with Crippen molar-refractivity contribution in [3.8, 4) is 0 Å². The third-order valence-corrected chi connectivity index (χ3v) is 2.49. The molecule has 21 heavy (non-hydrogen) atoms. The normalized spacial score (nSPS) is 13.2. The predicted molar refractivity (Wildman–Crippen MR) is 70.2 cm³/mol. The summed E-state index contributed by atoms with van der Waals surface area (Å²) in [4.78, 5) is 15.4. The number of hydrogen-bond acceptors (Lipinski definition) is 3. The van der Waals surface area contributed by atoms with Gasteiger partial charge < -0.3 is 5.73 Å². The molecule has 0 aliphatic rings. The molecule has 0 aliphatic heterocycles. The van der Waals surface area contributed by atoms with Gasteiger partial charge in [0.25, 0.3) is 0 Å². The third kappa shape index (κ3) is 4.16. The first-order chi connectivity index (χ1) is 9.68. The van der Waals surface area contributed by atoms with Crippen molar-refractivity contribution >= 4 is 17.4 Å². The Hall–Kier alpha value is -2.15. The van der Waals surface area contributed by atoms with Gasteiger partial charge in [0.2, 0.25) is 5.78 Å². The minimum atomic E-state index is -4.85. The fraction of sp³-hybridized carbons (Fsp3) is 0.0769. The Morgan fingerprint density at radius 3 is 2.48 bits per heavy atom. The first-order valence-corrected chi connectivity index (χ1v) is 5.79. The van der Waals surface area contributed by atoms with Crippen molar-refractivity contribution in [1.82, 2.24) is 4.98 Å². The fourth-order valence-corrected chi connectivity index (χ4v) is 1.54. The van der Waals surface area contributed by atoms with E-state index in [9.17, 15) is 22.4 Å². The van der Waals surface area contributed by atoms with Crippen molar-refractivity contribution in [3.63, 3.8) is 0 Å². The molecule has 112 valence electrons. The van der Waals surface area contributed by atoms with Gasteiger partial charge in [-0.05, 0) is 18.2 Å². The number of aromatic nitrogens is 1. The quantitative estimate of drug-likeness (QED) is 0.229. The predicted octanol–water partition coefficient (Wildman–Crippen LogP) is 3.82. The molecular formula is C13H9ClF4N2O. The number of ketones is 1. The molecule has 0 spiro atoms. The van der Waals surface area contributed by atoms with Crippen LogP contribution < -0.4 is 5.73 Å². The molecule has 0 unspecified atom stereocenters. The van der Waals surface area contributed by atoms with Crippen LogP contribution in [-0.2, 0) is 6.18 Å². The number of hydrogen-bond donors (Lipinski definition) is 1. The Labute approximate surface area is 122 Å². The van der Waals surface area contributed by atoms with Crippen molar-refractivity contribution in [2.45, 2.75) is 6.18 Å². The summed E-state index contributed by atoms with van der Waals surface area (Å²) in [7, 11) is 0. The average Bonchev–Trinajstić information content (AvgIpc) is 2.37. The number of nitrogens with zero attached hydrogens (tertiary/aromatic N) is 1. The van der Waals surface area contributed by atoms with E-state index in [0.717, 1.165) is 18.2 Å². The van der Waals surface area contributed by atoms with E-state index in [1.54, 1.807) is 0 Å². The maximum atomic E-state index is 13.2. The monoisotopic (exact) mass is 320 g/mol. The molecule has 1 heterocycles. The summed E-state index contributed by atoms with van der Waals surface area (Å²) < 4.78 is 51.7.